The van der Waals surface area contributed by atoms with Crippen LogP contribution in [0.25, 0.3) is 5.69 Å². The highest BCUT2D eigenvalue weighted by Gasteiger charge is 2.40. The lowest BCUT2D eigenvalue weighted by molar-refractivity contribution is -0.143. The first kappa shape index (κ1) is 22.9. The number of halogens is 3. The number of rotatable bonds is 6. The molecule has 0 bridgehead atoms. The molecule has 0 aliphatic heterocycles. The molecule has 0 saturated carbocycles. The predicted molar refractivity (Wildman–Crippen MR) is 110 cm³/mol. The Morgan fingerprint density at radius 3 is 2.38 bits per heavy atom. The first-order chi connectivity index (χ1) is 15.0. The second-order valence-electron chi connectivity index (χ2n) is 7.12. The summed E-state index contributed by atoms with van der Waals surface area (Å²) in [7, 11) is 0. The largest absolute Gasteiger partial charge is 0.481 e. The third-order valence-electron chi connectivity index (χ3n) is 4.88. The highest BCUT2D eigenvalue weighted by molar-refractivity contribution is 5.94. The van der Waals surface area contributed by atoms with Crippen molar-refractivity contribution >= 4 is 17.6 Å². The summed E-state index contributed by atoms with van der Waals surface area (Å²) in [6, 6.07) is 10.9. The fourth-order valence-corrected chi connectivity index (χ4v) is 3.00. The Morgan fingerprint density at radius 1 is 1.12 bits per heavy atom. The van der Waals surface area contributed by atoms with E-state index < -0.39 is 35.4 Å². The number of hydrogen-bond donors (Lipinski definition) is 2. The molecule has 0 aliphatic carbocycles. The van der Waals surface area contributed by atoms with Crippen molar-refractivity contribution in [1.29, 1.82) is 0 Å². The number of amides is 1. The number of carbonyl (C=O) groups excluding carboxylic acids is 1. The summed E-state index contributed by atoms with van der Waals surface area (Å²) in [5.74, 6) is -1.59. The van der Waals surface area contributed by atoms with Crippen molar-refractivity contribution in [3.05, 3.63) is 71.0 Å². The molecule has 0 spiro atoms. The summed E-state index contributed by atoms with van der Waals surface area (Å²) >= 11 is 0. The van der Waals surface area contributed by atoms with E-state index in [4.69, 9.17) is 9.84 Å². The minimum atomic E-state index is -4.92. The molecular weight excluding hydrogens is 427 g/mol. The van der Waals surface area contributed by atoms with Crippen molar-refractivity contribution in [2.24, 2.45) is 0 Å². The van der Waals surface area contributed by atoms with Crippen LogP contribution in [-0.4, -0.2) is 32.9 Å². The molecule has 1 amide bonds. The first-order valence-corrected chi connectivity index (χ1v) is 9.51. The molecule has 3 aromatic rings. The molecule has 3 rings (SSSR count). The number of ether oxygens (including phenoxy) is 1. The van der Waals surface area contributed by atoms with Crippen molar-refractivity contribution < 1.29 is 32.6 Å². The van der Waals surface area contributed by atoms with E-state index in [-0.39, 0.29) is 5.69 Å². The van der Waals surface area contributed by atoms with Gasteiger partial charge < -0.3 is 15.2 Å². The monoisotopic (exact) mass is 447 g/mol. The smallest absolute Gasteiger partial charge is 0.434 e. The molecule has 0 radical (unpaired) electrons. The Labute approximate surface area is 181 Å². The van der Waals surface area contributed by atoms with Gasteiger partial charge in [0.1, 0.15) is 11.3 Å². The number of carbonyl (C=O) groups is 2. The Hall–Kier alpha value is -3.82. The lowest BCUT2D eigenvalue weighted by Crippen LogP contribution is -2.30. The summed E-state index contributed by atoms with van der Waals surface area (Å²) in [5.41, 5.74) is -0.0907. The fourth-order valence-electron chi connectivity index (χ4n) is 3.00. The molecule has 1 aromatic heterocycles. The van der Waals surface area contributed by atoms with Crippen LogP contribution in [-0.2, 0) is 11.0 Å². The number of aromatic nitrogens is 2. The summed E-state index contributed by atoms with van der Waals surface area (Å²) in [5, 5.41) is 15.2. The highest BCUT2D eigenvalue weighted by atomic mass is 19.4. The van der Waals surface area contributed by atoms with E-state index in [0.717, 1.165) is 11.1 Å². The zero-order chi connectivity index (χ0) is 23.6. The van der Waals surface area contributed by atoms with Gasteiger partial charge in [-0.1, -0.05) is 12.1 Å². The van der Waals surface area contributed by atoms with Gasteiger partial charge in [-0.3, -0.25) is 4.79 Å². The van der Waals surface area contributed by atoms with Crippen LogP contribution >= 0.6 is 0 Å². The molecule has 1 heterocycles. The number of carboxylic acid groups (broad SMARTS) is 1. The van der Waals surface area contributed by atoms with Gasteiger partial charge in [-0.15, -0.1) is 0 Å². The average Bonchev–Trinajstić information content (AvgIpc) is 3.18. The van der Waals surface area contributed by atoms with Crippen molar-refractivity contribution in [3.8, 4) is 11.4 Å². The molecule has 1 atom stereocenters. The number of anilines is 1. The molecule has 1 unspecified atom stereocenters. The van der Waals surface area contributed by atoms with E-state index in [1.807, 2.05) is 26.0 Å². The van der Waals surface area contributed by atoms with E-state index in [0.29, 0.717) is 22.3 Å². The minimum absolute atomic E-state index is 0.0116. The summed E-state index contributed by atoms with van der Waals surface area (Å²) < 4.78 is 46.3. The van der Waals surface area contributed by atoms with Crippen molar-refractivity contribution in [3.63, 3.8) is 0 Å². The van der Waals surface area contributed by atoms with Gasteiger partial charge in [-0.05, 0) is 62.2 Å². The van der Waals surface area contributed by atoms with Gasteiger partial charge in [0.2, 0.25) is 0 Å². The van der Waals surface area contributed by atoms with Gasteiger partial charge in [0.15, 0.2) is 11.8 Å². The second kappa shape index (κ2) is 8.74. The Morgan fingerprint density at radius 2 is 1.78 bits per heavy atom. The van der Waals surface area contributed by atoms with Crippen LogP contribution in [0.1, 0.15) is 34.1 Å². The third-order valence-corrected chi connectivity index (χ3v) is 4.88. The summed E-state index contributed by atoms with van der Waals surface area (Å²) in [6.45, 7) is 5.39. The van der Waals surface area contributed by atoms with Crippen molar-refractivity contribution in [1.82, 2.24) is 9.78 Å². The molecule has 0 saturated heterocycles. The zero-order valence-electron chi connectivity index (χ0n) is 17.4. The van der Waals surface area contributed by atoms with E-state index in [2.05, 4.69) is 10.4 Å². The van der Waals surface area contributed by atoms with Gasteiger partial charge in [0.05, 0.1) is 11.9 Å². The van der Waals surface area contributed by atoms with E-state index >= 15 is 0 Å². The number of nitrogens with one attached hydrogen (secondary N) is 1. The molecule has 32 heavy (non-hydrogen) atoms. The molecule has 0 fully saturated rings. The van der Waals surface area contributed by atoms with Crippen LogP contribution in [0.2, 0.25) is 0 Å². The number of nitrogens with zero attached hydrogens (tertiary/aromatic N) is 2. The molecule has 168 valence electrons. The maximum absolute atomic E-state index is 13.4. The van der Waals surface area contributed by atoms with Crippen LogP contribution in [0.5, 0.6) is 5.75 Å². The fraction of sp³-hybridized carbons (Fsp3) is 0.227. The predicted octanol–water partition coefficient (Wildman–Crippen LogP) is 4.61. The number of aryl methyl sites for hydroxylation is 1. The number of carboxylic acids is 1. The van der Waals surface area contributed by atoms with Gasteiger partial charge in [0, 0.05) is 5.69 Å². The minimum Gasteiger partial charge on any atom is -0.481 e. The lowest BCUT2D eigenvalue weighted by Gasteiger charge is -2.17. The number of hydrogen-bond acceptors (Lipinski definition) is 4. The Balaban J connectivity index is 1.76. The molecular formula is C22H20F3N3O4. The highest BCUT2D eigenvalue weighted by Crippen LogP contribution is 2.33. The summed E-state index contributed by atoms with van der Waals surface area (Å²) in [4.78, 5) is 23.6. The van der Waals surface area contributed by atoms with E-state index in [1.165, 1.54) is 24.3 Å². The summed E-state index contributed by atoms with van der Waals surface area (Å²) in [6.07, 6.45) is -5.10. The van der Waals surface area contributed by atoms with E-state index in [9.17, 15) is 22.8 Å². The molecule has 0 aliphatic rings. The van der Waals surface area contributed by atoms with Gasteiger partial charge in [-0.2, -0.15) is 18.3 Å². The van der Waals surface area contributed by atoms with Crippen molar-refractivity contribution in [2.75, 3.05) is 5.32 Å². The van der Waals surface area contributed by atoms with Crippen molar-refractivity contribution in [2.45, 2.75) is 33.1 Å². The van der Waals surface area contributed by atoms with Crippen LogP contribution in [0.15, 0.2) is 48.7 Å². The van der Waals surface area contributed by atoms with E-state index in [1.54, 1.807) is 13.0 Å². The van der Waals surface area contributed by atoms with Gasteiger partial charge >= 0.3 is 12.1 Å². The topological polar surface area (TPSA) is 93.5 Å². The maximum atomic E-state index is 13.4. The van der Waals surface area contributed by atoms with Crippen LogP contribution in [0.3, 0.4) is 0 Å². The Kier molecular flexibility index (Phi) is 6.24. The van der Waals surface area contributed by atoms with Gasteiger partial charge in [0.25, 0.3) is 5.91 Å². The quantitative estimate of drug-likeness (QED) is 0.576. The standard InChI is InChI=1S/C22H20F3N3O4/c1-12-5-4-6-18(13(12)2)32-14(3)20(29)27-15-7-9-16(10-8-15)28-19(22(23,24)25)17(11-26-28)21(30)31/h4-11,14H,1-3H3,(H,27,29)(H,30,31). The molecule has 7 nitrogen and oxygen atoms in total. The number of aromatic carboxylic acids is 1. The Bertz CT molecular complexity index is 1150. The number of benzene rings is 2. The third kappa shape index (κ3) is 4.74. The maximum Gasteiger partial charge on any atom is 0.434 e. The molecule has 2 N–H and O–H groups in total. The lowest BCUT2D eigenvalue weighted by atomic mass is 10.1. The molecule has 2 aromatic carbocycles. The number of alkyl halides is 3. The average molecular weight is 447 g/mol. The van der Waals surface area contributed by atoms with Gasteiger partial charge in [-0.25, -0.2) is 9.48 Å². The first-order valence-electron chi connectivity index (χ1n) is 9.51. The van der Waals surface area contributed by atoms with Crippen LogP contribution in [0, 0.1) is 13.8 Å². The van der Waals surface area contributed by atoms with Crippen LogP contribution in [0.4, 0.5) is 18.9 Å². The normalized spacial score (nSPS) is 12.3. The van der Waals surface area contributed by atoms with Crippen LogP contribution < -0.4 is 10.1 Å². The SMILES string of the molecule is Cc1cccc(OC(C)C(=O)Nc2ccc(-n3ncc(C(=O)O)c3C(F)(F)F)cc2)c1C. The molecule has 10 heteroatoms. The zero-order valence-corrected chi connectivity index (χ0v) is 17.4. The second-order valence-corrected chi connectivity index (χ2v) is 7.12.